The van der Waals surface area contributed by atoms with Gasteiger partial charge < -0.3 is 15.5 Å². The summed E-state index contributed by atoms with van der Waals surface area (Å²) in [5.74, 6) is -0.390. The number of carbonyl (C=O) groups is 1. The molecule has 0 saturated carbocycles. The van der Waals surface area contributed by atoms with Crippen LogP contribution in [0.4, 0.5) is 30.6 Å². The summed E-state index contributed by atoms with van der Waals surface area (Å²) in [4.78, 5) is 21.3. The van der Waals surface area contributed by atoms with Gasteiger partial charge in [0.1, 0.15) is 11.4 Å². The quantitative estimate of drug-likeness (QED) is 0.614. The Morgan fingerprint density at radius 2 is 1.84 bits per heavy atom. The molecule has 3 aromatic rings. The highest BCUT2D eigenvalue weighted by Gasteiger charge is 2.35. The zero-order chi connectivity index (χ0) is 22.8. The van der Waals surface area contributed by atoms with Gasteiger partial charge in [-0.05, 0) is 38.1 Å². The number of anilines is 3. The van der Waals surface area contributed by atoms with Crippen molar-refractivity contribution in [3.8, 4) is 5.69 Å². The van der Waals surface area contributed by atoms with Gasteiger partial charge in [-0.3, -0.25) is 4.79 Å². The van der Waals surface area contributed by atoms with Gasteiger partial charge in [0.15, 0.2) is 0 Å². The number of alkyl halides is 3. The first kappa shape index (κ1) is 22.1. The molecule has 2 aromatic heterocycles. The van der Waals surface area contributed by atoms with Crippen molar-refractivity contribution in [1.29, 1.82) is 0 Å². The van der Waals surface area contributed by atoms with Crippen molar-refractivity contribution >= 4 is 23.4 Å². The minimum absolute atomic E-state index is 0.0125. The number of amides is 1. The maximum Gasteiger partial charge on any atom is 0.421 e. The number of benzene rings is 1. The topological polar surface area (TPSA) is 88.0 Å². The number of nitrogens with one attached hydrogen (secondary N) is 2. The lowest BCUT2D eigenvalue weighted by molar-refractivity contribution is -0.137. The van der Waals surface area contributed by atoms with E-state index < -0.39 is 11.7 Å². The van der Waals surface area contributed by atoms with Gasteiger partial charge in [0, 0.05) is 32.4 Å². The molecule has 3 rings (SSSR count). The highest BCUT2D eigenvalue weighted by atomic mass is 19.4. The molecule has 8 nitrogen and oxygen atoms in total. The third-order valence-electron chi connectivity index (χ3n) is 4.46. The van der Waals surface area contributed by atoms with Gasteiger partial charge >= 0.3 is 6.18 Å². The summed E-state index contributed by atoms with van der Waals surface area (Å²) in [6.45, 7) is 3.76. The van der Waals surface area contributed by atoms with Gasteiger partial charge in [-0.1, -0.05) is 0 Å². The second kappa shape index (κ2) is 8.62. The lowest BCUT2D eigenvalue weighted by atomic mass is 10.2. The zero-order valence-corrected chi connectivity index (χ0v) is 17.4. The first-order valence-corrected chi connectivity index (χ1v) is 9.43. The normalized spacial score (nSPS) is 11.3. The Labute approximate surface area is 177 Å². The van der Waals surface area contributed by atoms with Crippen LogP contribution in [0.1, 0.15) is 28.5 Å². The van der Waals surface area contributed by atoms with Crippen molar-refractivity contribution in [3.63, 3.8) is 0 Å². The van der Waals surface area contributed by atoms with Crippen LogP contribution in [0.25, 0.3) is 5.69 Å². The van der Waals surface area contributed by atoms with Crippen LogP contribution in [0.3, 0.4) is 0 Å². The molecule has 11 heteroatoms. The summed E-state index contributed by atoms with van der Waals surface area (Å²) in [7, 11) is 3.35. The molecule has 0 atom stereocenters. The molecule has 1 amide bonds. The van der Waals surface area contributed by atoms with Crippen molar-refractivity contribution < 1.29 is 18.0 Å². The van der Waals surface area contributed by atoms with E-state index in [4.69, 9.17) is 0 Å². The summed E-state index contributed by atoms with van der Waals surface area (Å²) >= 11 is 0. The van der Waals surface area contributed by atoms with Crippen LogP contribution in [0.15, 0.2) is 36.7 Å². The number of hydrogen-bond acceptors (Lipinski definition) is 6. The first-order valence-electron chi connectivity index (χ1n) is 9.43. The smallest absolute Gasteiger partial charge is 0.370 e. The molecule has 0 unspecified atom stereocenters. The van der Waals surface area contributed by atoms with E-state index in [0.29, 0.717) is 16.9 Å². The number of halogens is 3. The molecule has 0 fully saturated rings. The van der Waals surface area contributed by atoms with Gasteiger partial charge in [-0.15, -0.1) is 0 Å². The molecular formula is C20H22F3N7O. The minimum atomic E-state index is -4.56. The molecule has 164 valence electrons. The van der Waals surface area contributed by atoms with Crippen LogP contribution in [0.5, 0.6) is 0 Å². The van der Waals surface area contributed by atoms with E-state index in [2.05, 4.69) is 25.7 Å². The van der Waals surface area contributed by atoms with Crippen LogP contribution in [-0.4, -0.2) is 51.2 Å². The molecule has 2 heterocycles. The Bertz CT molecular complexity index is 1080. The molecular weight excluding hydrogens is 411 g/mol. The Morgan fingerprint density at radius 1 is 1.16 bits per heavy atom. The molecule has 1 aromatic carbocycles. The lowest BCUT2D eigenvalue weighted by Gasteiger charge is -2.14. The van der Waals surface area contributed by atoms with Crippen molar-refractivity contribution in [3.05, 3.63) is 53.5 Å². The molecule has 2 N–H and O–H groups in total. The van der Waals surface area contributed by atoms with Gasteiger partial charge in [0.25, 0.3) is 5.91 Å². The third kappa shape index (κ3) is 4.76. The molecule has 0 aliphatic carbocycles. The Morgan fingerprint density at radius 3 is 2.42 bits per heavy atom. The maximum atomic E-state index is 13.1. The van der Waals surface area contributed by atoms with E-state index in [-0.39, 0.29) is 24.2 Å². The standard InChI is InChI=1S/C20H22F3N7O/c1-5-24-17-15(20(21,22)23)10-25-19(28-17)27-16-11-26-30(12(16)2)14-8-6-13(7-9-14)18(31)29(3)4/h6-11H,5H2,1-4H3,(H2,24,25,27,28). The number of aromatic nitrogens is 4. The van der Waals surface area contributed by atoms with E-state index in [1.807, 2.05) is 0 Å². The molecule has 31 heavy (non-hydrogen) atoms. The van der Waals surface area contributed by atoms with Gasteiger partial charge in [-0.25, -0.2) is 9.67 Å². The predicted octanol–water partition coefficient (Wildman–Crippen LogP) is 3.87. The molecule has 0 saturated heterocycles. The molecule has 0 aliphatic heterocycles. The number of rotatable bonds is 6. The van der Waals surface area contributed by atoms with E-state index in [1.54, 1.807) is 56.9 Å². The highest BCUT2D eigenvalue weighted by Crippen LogP contribution is 2.34. The van der Waals surface area contributed by atoms with E-state index in [0.717, 1.165) is 11.9 Å². The summed E-state index contributed by atoms with van der Waals surface area (Å²) in [6.07, 6.45) is -2.29. The van der Waals surface area contributed by atoms with E-state index >= 15 is 0 Å². The van der Waals surface area contributed by atoms with Crippen LogP contribution in [0.2, 0.25) is 0 Å². The Balaban J connectivity index is 1.85. The fraction of sp³-hybridized carbons (Fsp3) is 0.300. The fourth-order valence-electron chi connectivity index (χ4n) is 2.87. The number of nitrogens with zero attached hydrogens (tertiary/aromatic N) is 5. The summed E-state index contributed by atoms with van der Waals surface area (Å²) in [6, 6.07) is 6.93. The monoisotopic (exact) mass is 433 g/mol. The van der Waals surface area contributed by atoms with Crippen LogP contribution < -0.4 is 10.6 Å². The summed E-state index contributed by atoms with van der Waals surface area (Å²) in [5, 5.41) is 9.84. The van der Waals surface area contributed by atoms with E-state index in [9.17, 15) is 18.0 Å². The van der Waals surface area contributed by atoms with Crippen LogP contribution in [-0.2, 0) is 6.18 Å². The van der Waals surface area contributed by atoms with Crippen molar-refractivity contribution in [2.45, 2.75) is 20.0 Å². The molecule has 0 aliphatic rings. The molecule has 0 spiro atoms. The minimum Gasteiger partial charge on any atom is -0.370 e. The summed E-state index contributed by atoms with van der Waals surface area (Å²) < 4.78 is 41.0. The Hall–Kier alpha value is -3.63. The SMILES string of the molecule is CCNc1nc(Nc2cnn(-c3ccc(C(=O)N(C)C)cc3)c2C)ncc1C(F)(F)F. The summed E-state index contributed by atoms with van der Waals surface area (Å²) in [5.41, 5.74) is 1.57. The average molecular weight is 433 g/mol. The first-order chi connectivity index (χ1) is 14.6. The van der Waals surface area contributed by atoms with Gasteiger partial charge in [-0.2, -0.15) is 23.3 Å². The largest absolute Gasteiger partial charge is 0.421 e. The second-order valence-electron chi connectivity index (χ2n) is 6.91. The number of carbonyl (C=O) groups excluding carboxylic acids is 1. The third-order valence-corrected chi connectivity index (χ3v) is 4.46. The average Bonchev–Trinajstić information content (AvgIpc) is 3.07. The van der Waals surface area contributed by atoms with E-state index in [1.165, 1.54) is 11.1 Å². The predicted molar refractivity (Wildman–Crippen MR) is 111 cm³/mol. The van der Waals surface area contributed by atoms with Crippen LogP contribution in [0, 0.1) is 6.92 Å². The zero-order valence-electron chi connectivity index (χ0n) is 17.4. The van der Waals surface area contributed by atoms with Crippen molar-refractivity contribution in [1.82, 2.24) is 24.6 Å². The number of hydrogen-bond donors (Lipinski definition) is 2. The van der Waals surface area contributed by atoms with Crippen molar-refractivity contribution in [2.24, 2.45) is 0 Å². The fourth-order valence-corrected chi connectivity index (χ4v) is 2.87. The second-order valence-corrected chi connectivity index (χ2v) is 6.91. The highest BCUT2D eigenvalue weighted by molar-refractivity contribution is 5.94. The van der Waals surface area contributed by atoms with Gasteiger partial charge in [0.05, 0.1) is 23.3 Å². The van der Waals surface area contributed by atoms with Crippen molar-refractivity contribution in [2.75, 3.05) is 31.3 Å². The lowest BCUT2D eigenvalue weighted by Crippen LogP contribution is -2.21. The molecule has 0 bridgehead atoms. The van der Waals surface area contributed by atoms with Crippen LogP contribution >= 0.6 is 0 Å². The Kier molecular flexibility index (Phi) is 6.14. The maximum absolute atomic E-state index is 13.1. The van der Waals surface area contributed by atoms with Gasteiger partial charge in [0.2, 0.25) is 5.95 Å². The molecule has 0 radical (unpaired) electrons.